The summed E-state index contributed by atoms with van der Waals surface area (Å²) in [6, 6.07) is 4.18. The predicted octanol–water partition coefficient (Wildman–Crippen LogP) is 2.70. The zero-order valence-electron chi connectivity index (χ0n) is 11.9. The van der Waals surface area contributed by atoms with E-state index in [0.29, 0.717) is 11.8 Å². The average Bonchev–Trinajstić information content (AvgIpc) is 2.90. The van der Waals surface area contributed by atoms with Crippen molar-refractivity contribution in [2.45, 2.75) is 20.8 Å². The van der Waals surface area contributed by atoms with Crippen molar-refractivity contribution in [2.24, 2.45) is 0 Å². The third-order valence-corrected chi connectivity index (χ3v) is 3.29. The van der Waals surface area contributed by atoms with Crippen molar-refractivity contribution < 1.29 is 0 Å². The number of halogens is 1. The van der Waals surface area contributed by atoms with Gasteiger partial charge in [0, 0.05) is 5.56 Å². The normalized spacial score (nSPS) is 10.9. The minimum atomic E-state index is 0.130. The van der Waals surface area contributed by atoms with Crippen LogP contribution in [-0.2, 0) is 0 Å². The van der Waals surface area contributed by atoms with Crippen LogP contribution >= 0.6 is 11.6 Å². The molecule has 0 spiro atoms. The molecular formula is C14H13ClN6. The molecule has 0 aliphatic carbocycles. The fourth-order valence-electron chi connectivity index (χ4n) is 2.40. The minimum Gasteiger partial charge on any atom is -0.223 e. The Morgan fingerprint density at radius 1 is 1.00 bits per heavy atom. The van der Waals surface area contributed by atoms with Crippen molar-refractivity contribution in [3.05, 3.63) is 46.8 Å². The fraction of sp³-hybridized carbons (Fsp3) is 0.214. The molecule has 0 saturated carbocycles. The second-order valence-corrected chi connectivity index (χ2v) is 5.18. The van der Waals surface area contributed by atoms with Crippen molar-refractivity contribution in [3.63, 3.8) is 0 Å². The van der Waals surface area contributed by atoms with E-state index in [-0.39, 0.29) is 5.28 Å². The van der Waals surface area contributed by atoms with Crippen LogP contribution in [0.25, 0.3) is 17.3 Å². The number of rotatable bonds is 2. The van der Waals surface area contributed by atoms with Crippen LogP contribution in [0.4, 0.5) is 0 Å². The highest BCUT2D eigenvalue weighted by Crippen LogP contribution is 2.26. The monoisotopic (exact) mass is 300 g/mol. The first-order chi connectivity index (χ1) is 10.0. The Morgan fingerprint density at radius 2 is 1.71 bits per heavy atom. The molecule has 1 aromatic carbocycles. The summed E-state index contributed by atoms with van der Waals surface area (Å²) < 4.78 is 1.45. The first kappa shape index (κ1) is 13.6. The number of hydrogen-bond donors (Lipinski definition) is 0. The summed E-state index contributed by atoms with van der Waals surface area (Å²) in [6.07, 6.45) is 2.93. The van der Waals surface area contributed by atoms with Gasteiger partial charge in [-0.2, -0.15) is 24.7 Å². The molecule has 0 unspecified atom stereocenters. The maximum Gasteiger partial charge on any atom is 0.256 e. The van der Waals surface area contributed by atoms with Gasteiger partial charge in [0.25, 0.3) is 5.95 Å². The van der Waals surface area contributed by atoms with Gasteiger partial charge in [0.1, 0.15) is 12.7 Å². The molecule has 2 aromatic heterocycles. The van der Waals surface area contributed by atoms with Gasteiger partial charge in [0.05, 0.1) is 0 Å². The van der Waals surface area contributed by atoms with Crippen molar-refractivity contribution in [1.82, 2.24) is 29.7 Å². The predicted molar refractivity (Wildman–Crippen MR) is 79.4 cm³/mol. The third-order valence-electron chi connectivity index (χ3n) is 3.12. The van der Waals surface area contributed by atoms with Crippen LogP contribution in [-0.4, -0.2) is 29.7 Å². The Kier molecular flexibility index (Phi) is 3.39. The summed E-state index contributed by atoms with van der Waals surface area (Å²) in [5.74, 6) is 0.886. The molecule has 3 aromatic rings. The molecule has 0 fully saturated rings. The van der Waals surface area contributed by atoms with Gasteiger partial charge in [0.15, 0.2) is 5.82 Å². The fourth-order valence-corrected chi connectivity index (χ4v) is 2.55. The topological polar surface area (TPSA) is 69.4 Å². The van der Waals surface area contributed by atoms with Gasteiger partial charge in [0.2, 0.25) is 5.28 Å². The van der Waals surface area contributed by atoms with E-state index in [9.17, 15) is 0 Å². The maximum absolute atomic E-state index is 6.03. The van der Waals surface area contributed by atoms with E-state index >= 15 is 0 Å². The summed E-state index contributed by atoms with van der Waals surface area (Å²) in [5.41, 5.74) is 4.36. The number of nitrogens with zero attached hydrogens (tertiary/aromatic N) is 6. The molecule has 0 N–H and O–H groups in total. The zero-order valence-corrected chi connectivity index (χ0v) is 12.6. The van der Waals surface area contributed by atoms with E-state index in [2.05, 4.69) is 44.1 Å². The number of hydrogen-bond acceptors (Lipinski definition) is 5. The maximum atomic E-state index is 6.03. The smallest absolute Gasteiger partial charge is 0.223 e. The first-order valence-electron chi connectivity index (χ1n) is 6.39. The van der Waals surface area contributed by atoms with Crippen LogP contribution in [0.5, 0.6) is 0 Å². The molecule has 3 rings (SSSR count). The van der Waals surface area contributed by atoms with Crippen LogP contribution in [0.15, 0.2) is 24.8 Å². The highest BCUT2D eigenvalue weighted by molar-refractivity contribution is 6.28. The molecular weight excluding hydrogens is 288 g/mol. The van der Waals surface area contributed by atoms with Crippen LogP contribution < -0.4 is 0 Å². The van der Waals surface area contributed by atoms with E-state index in [0.717, 1.165) is 16.7 Å². The second kappa shape index (κ2) is 5.21. The van der Waals surface area contributed by atoms with E-state index in [1.165, 1.54) is 22.9 Å². The molecule has 21 heavy (non-hydrogen) atoms. The molecule has 0 aliphatic rings. The molecule has 2 heterocycles. The first-order valence-corrected chi connectivity index (χ1v) is 6.77. The molecule has 0 atom stereocenters. The van der Waals surface area contributed by atoms with Gasteiger partial charge in [-0.05, 0) is 43.5 Å². The van der Waals surface area contributed by atoms with Crippen molar-refractivity contribution in [2.75, 3.05) is 0 Å². The molecule has 0 saturated heterocycles. The molecule has 0 amide bonds. The molecule has 6 nitrogen and oxygen atoms in total. The summed E-state index contributed by atoms with van der Waals surface area (Å²) in [7, 11) is 0. The highest BCUT2D eigenvalue weighted by Gasteiger charge is 2.13. The molecule has 106 valence electrons. The lowest BCUT2D eigenvalue weighted by Gasteiger charge is -2.11. The van der Waals surface area contributed by atoms with Crippen molar-refractivity contribution >= 4 is 11.6 Å². The Hall–Kier alpha value is -2.34. The Morgan fingerprint density at radius 3 is 2.33 bits per heavy atom. The Balaban J connectivity index is 2.20. The van der Waals surface area contributed by atoms with Gasteiger partial charge in [-0.3, -0.25) is 0 Å². The van der Waals surface area contributed by atoms with Gasteiger partial charge in [-0.1, -0.05) is 17.7 Å². The molecule has 0 aliphatic heterocycles. The standard InChI is InChI=1S/C14H13ClN6/c1-8-4-9(2)11(10(3)5-8)12-18-13(15)20-14(19-12)21-7-16-6-17-21/h4-7H,1-3H3. The average molecular weight is 301 g/mol. The molecule has 7 heteroatoms. The van der Waals surface area contributed by atoms with E-state index in [4.69, 9.17) is 11.6 Å². The van der Waals surface area contributed by atoms with Crippen LogP contribution in [0.2, 0.25) is 5.28 Å². The lowest BCUT2D eigenvalue weighted by atomic mass is 9.99. The van der Waals surface area contributed by atoms with E-state index in [1.807, 2.05) is 13.8 Å². The van der Waals surface area contributed by atoms with Crippen LogP contribution in [0.3, 0.4) is 0 Å². The second-order valence-electron chi connectivity index (χ2n) is 4.84. The van der Waals surface area contributed by atoms with Crippen LogP contribution in [0, 0.1) is 20.8 Å². The Labute approximate surface area is 126 Å². The molecule has 0 bridgehead atoms. The van der Waals surface area contributed by atoms with E-state index in [1.54, 1.807) is 0 Å². The Bertz CT molecular complexity index is 774. The zero-order chi connectivity index (χ0) is 15.0. The largest absolute Gasteiger partial charge is 0.256 e. The third kappa shape index (κ3) is 2.62. The van der Waals surface area contributed by atoms with Gasteiger partial charge < -0.3 is 0 Å². The lowest BCUT2D eigenvalue weighted by molar-refractivity contribution is 0.796. The van der Waals surface area contributed by atoms with Gasteiger partial charge in [-0.25, -0.2) is 4.98 Å². The number of aromatic nitrogens is 6. The van der Waals surface area contributed by atoms with Crippen molar-refractivity contribution in [3.8, 4) is 17.3 Å². The summed E-state index contributed by atoms with van der Waals surface area (Å²) in [4.78, 5) is 16.7. The number of aryl methyl sites for hydroxylation is 3. The summed E-state index contributed by atoms with van der Waals surface area (Å²) in [6.45, 7) is 6.12. The summed E-state index contributed by atoms with van der Waals surface area (Å²) >= 11 is 6.03. The quantitative estimate of drug-likeness (QED) is 0.728. The lowest BCUT2D eigenvalue weighted by Crippen LogP contribution is -2.06. The van der Waals surface area contributed by atoms with Gasteiger partial charge in [-0.15, -0.1) is 0 Å². The SMILES string of the molecule is Cc1cc(C)c(-c2nc(Cl)nc(-n3cncn3)n2)c(C)c1. The number of benzene rings is 1. The van der Waals surface area contributed by atoms with E-state index < -0.39 is 0 Å². The highest BCUT2D eigenvalue weighted by atomic mass is 35.5. The van der Waals surface area contributed by atoms with Crippen molar-refractivity contribution in [1.29, 1.82) is 0 Å². The summed E-state index contributed by atoms with van der Waals surface area (Å²) in [5, 5.41) is 4.14. The molecule has 0 radical (unpaired) electrons. The minimum absolute atomic E-state index is 0.130. The van der Waals surface area contributed by atoms with Gasteiger partial charge >= 0.3 is 0 Å². The van der Waals surface area contributed by atoms with Crippen LogP contribution in [0.1, 0.15) is 16.7 Å².